The lowest BCUT2D eigenvalue weighted by atomic mass is 10.1. The number of hydrogen-bond acceptors (Lipinski definition) is 4. The van der Waals surface area contributed by atoms with Crippen LogP contribution in [-0.2, 0) is 9.59 Å². The van der Waals surface area contributed by atoms with Crippen LogP contribution in [0.25, 0.3) is 11.8 Å². The maximum Gasteiger partial charge on any atom is 0.337 e. The fraction of sp³-hybridized carbons (Fsp3) is 0.0833. The lowest BCUT2D eigenvalue weighted by Gasteiger charge is -2.28. The molecule has 1 aromatic heterocycles. The molecular weight excluding hydrogens is 462 g/mol. The van der Waals surface area contributed by atoms with Gasteiger partial charge in [-0.2, -0.15) is 0 Å². The van der Waals surface area contributed by atoms with Crippen molar-refractivity contribution in [3.05, 3.63) is 87.7 Å². The van der Waals surface area contributed by atoms with Crippen LogP contribution in [0.15, 0.2) is 60.2 Å². The van der Waals surface area contributed by atoms with Crippen LogP contribution >= 0.6 is 23.8 Å². The molecule has 1 aliphatic rings. The molecule has 0 spiro atoms. The van der Waals surface area contributed by atoms with Crippen molar-refractivity contribution in [3.8, 4) is 5.69 Å². The van der Waals surface area contributed by atoms with E-state index in [0.29, 0.717) is 16.9 Å². The lowest BCUT2D eigenvalue weighted by molar-refractivity contribution is -0.122. The van der Waals surface area contributed by atoms with Gasteiger partial charge >= 0.3 is 5.97 Å². The third kappa shape index (κ3) is 4.06. The van der Waals surface area contributed by atoms with Crippen molar-refractivity contribution < 1.29 is 19.5 Å². The number of benzene rings is 2. The SMILES string of the molecule is Cc1cc(C=C2C(=O)NC(=S)N(c3ccccc3)C2=O)c(C)n1-c1ccc(Cl)c(C(=O)O)c1. The second kappa shape index (κ2) is 8.65. The summed E-state index contributed by atoms with van der Waals surface area (Å²) >= 11 is 11.2. The van der Waals surface area contributed by atoms with Crippen LogP contribution in [0.2, 0.25) is 5.02 Å². The van der Waals surface area contributed by atoms with Crippen LogP contribution in [-0.4, -0.2) is 32.6 Å². The summed E-state index contributed by atoms with van der Waals surface area (Å²) in [6.07, 6.45) is 1.52. The smallest absolute Gasteiger partial charge is 0.337 e. The Balaban J connectivity index is 1.78. The number of halogens is 1. The Kier molecular flexibility index (Phi) is 5.88. The van der Waals surface area contributed by atoms with Gasteiger partial charge in [-0.25, -0.2) is 4.79 Å². The summed E-state index contributed by atoms with van der Waals surface area (Å²) in [5.74, 6) is -2.24. The molecule has 1 fully saturated rings. The molecule has 3 aromatic rings. The number of aryl methyl sites for hydroxylation is 1. The molecule has 0 atom stereocenters. The van der Waals surface area contributed by atoms with E-state index in [4.69, 9.17) is 23.8 Å². The number of carbonyl (C=O) groups is 3. The minimum Gasteiger partial charge on any atom is -0.478 e. The Labute approximate surface area is 199 Å². The van der Waals surface area contributed by atoms with Gasteiger partial charge in [-0.3, -0.25) is 19.8 Å². The number of nitrogens with zero attached hydrogens (tertiary/aromatic N) is 2. The first kappa shape index (κ1) is 22.4. The van der Waals surface area contributed by atoms with Crippen LogP contribution < -0.4 is 10.2 Å². The topological polar surface area (TPSA) is 91.6 Å². The van der Waals surface area contributed by atoms with E-state index in [2.05, 4.69) is 5.32 Å². The molecule has 1 aliphatic heterocycles. The number of nitrogens with one attached hydrogen (secondary N) is 1. The van der Waals surface area contributed by atoms with E-state index in [0.717, 1.165) is 11.4 Å². The number of anilines is 1. The van der Waals surface area contributed by atoms with Gasteiger partial charge < -0.3 is 9.67 Å². The number of carboxylic acids is 1. The summed E-state index contributed by atoms with van der Waals surface area (Å²) in [6, 6.07) is 15.3. The lowest BCUT2D eigenvalue weighted by Crippen LogP contribution is -2.54. The Morgan fingerprint density at radius 2 is 1.76 bits per heavy atom. The van der Waals surface area contributed by atoms with Gasteiger partial charge in [-0.1, -0.05) is 29.8 Å². The van der Waals surface area contributed by atoms with Gasteiger partial charge in [0.25, 0.3) is 11.8 Å². The van der Waals surface area contributed by atoms with Gasteiger partial charge in [-0.15, -0.1) is 0 Å². The minimum absolute atomic E-state index is 0.0150. The predicted octanol–water partition coefficient (Wildman–Crippen LogP) is 4.28. The fourth-order valence-corrected chi connectivity index (χ4v) is 4.25. The number of amides is 2. The number of carboxylic acid groups (broad SMARTS) is 1. The van der Waals surface area contributed by atoms with Crippen molar-refractivity contribution in [2.75, 3.05) is 4.90 Å². The Hall–Kier alpha value is -3.75. The van der Waals surface area contributed by atoms with E-state index >= 15 is 0 Å². The maximum absolute atomic E-state index is 13.2. The van der Waals surface area contributed by atoms with Gasteiger partial charge in [0.15, 0.2) is 5.11 Å². The van der Waals surface area contributed by atoms with Crippen molar-refractivity contribution in [3.63, 3.8) is 0 Å². The summed E-state index contributed by atoms with van der Waals surface area (Å²) < 4.78 is 1.83. The molecule has 166 valence electrons. The fourth-order valence-electron chi connectivity index (χ4n) is 3.77. The van der Waals surface area contributed by atoms with Crippen molar-refractivity contribution >= 4 is 58.5 Å². The summed E-state index contributed by atoms with van der Waals surface area (Å²) in [6.45, 7) is 3.66. The molecule has 9 heteroatoms. The number of aromatic nitrogens is 1. The molecule has 7 nitrogen and oxygen atoms in total. The van der Waals surface area contributed by atoms with Crippen molar-refractivity contribution in [2.24, 2.45) is 0 Å². The highest BCUT2D eigenvalue weighted by Crippen LogP contribution is 2.28. The Morgan fingerprint density at radius 1 is 1.06 bits per heavy atom. The predicted molar refractivity (Wildman–Crippen MR) is 130 cm³/mol. The highest BCUT2D eigenvalue weighted by atomic mass is 35.5. The number of thiocarbonyl (C=S) groups is 1. The zero-order chi connectivity index (χ0) is 23.9. The summed E-state index contributed by atoms with van der Waals surface area (Å²) in [5.41, 5.74) is 3.22. The Morgan fingerprint density at radius 3 is 2.42 bits per heavy atom. The minimum atomic E-state index is -1.13. The first-order chi connectivity index (χ1) is 15.7. The van der Waals surface area contributed by atoms with Crippen LogP contribution in [0.5, 0.6) is 0 Å². The second-order valence-corrected chi connectivity index (χ2v) is 8.22. The molecule has 2 heterocycles. The molecule has 33 heavy (non-hydrogen) atoms. The first-order valence-corrected chi connectivity index (χ1v) is 10.7. The van der Waals surface area contributed by atoms with Crippen molar-refractivity contribution in [2.45, 2.75) is 13.8 Å². The van der Waals surface area contributed by atoms with Gasteiger partial charge in [0.2, 0.25) is 0 Å². The van der Waals surface area contributed by atoms with E-state index in [1.165, 1.54) is 23.1 Å². The second-order valence-electron chi connectivity index (χ2n) is 7.42. The number of rotatable bonds is 4. The highest BCUT2D eigenvalue weighted by Gasteiger charge is 2.34. The zero-order valence-electron chi connectivity index (χ0n) is 17.6. The molecule has 0 radical (unpaired) electrons. The Bertz CT molecular complexity index is 1360. The van der Waals surface area contributed by atoms with Crippen LogP contribution in [0.4, 0.5) is 5.69 Å². The van der Waals surface area contributed by atoms with E-state index in [-0.39, 0.29) is 21.3 Å². The summed E-state index contributed by atoms with van der Waals surface area (Å²) in [7, 11) is 0. The first-order valence-electron chi connectivity index (χ1n) is 9.87. The summed E-state index contributed by atoms with van der Waals surface area (Å²) in [5, 5.41) is 12.1. The number of aromatic carboxylic acids is 1. The van der Waals surface area contributed by atoms with E-state index in [1.807, 2.05) is 30.5 Å². The van der Waals surface area contributed by atoms with Gasteiger partial charge in [0, 0.05) is 17.1 Å². The zero-order valence-corrected chi connectivity index (χ0v) is 19.2. The molecule has 4 rings (SSSR count). The molecule has 1 saturated heterocycles. The van der Waals surface area contributed by atoms with E-state index in [9.17, 15) is 19.5 Å². The molecule has 2 aromatic carbocycles. The van der Waals surface area contributed by atoms with Crippen molar-refractivity contribution in [1.82, 2.24) is 9.88 Å². The quantitative estimate of drug-likeness (QED) is 0.331. The summed E-state index contributed by atoms with van der Waals surface area (Å²) in [4.78, 5) is 38.6. The molecule has 0 bridgehead atoms. The number of para-hydroxylation sites is 1. The van der Waals surface area contributed by atoms with Crippen LogP contribution in [0.3, 0.4) is 0 Å². The monoisotopic (exact) mass is 479 g/mol. The number of hydrogen-bond donors (Lipinski definition) is 2. The van der Waals surface area contributed by atoms with E-state index < -0.39 is 17.8 Å². The van der Waals surface area contributed by atoms with E-state index in [1.54, 1.807) is 30.3 Å². The maximum atomic E-state index is 13.2. The average Bonchev–Trinajstić information content (AvgIpc) is 3.05. The molecule has 0 saturated carbocycles. The van der Waals surface area contributed by atoms with Crippen LogP contribution in [0, 0.1) is 13.8 Å². The normalized spacial score (nSPS) is 15.2. The molecular formula is C24H18ClN3O4S. The third-order valence-electron chi connectivity index (χ3n) is 5.32. The van der Waals surface area contributed by atoms with Crippen LogP contribution in [0.1, 0.15) is 27.3 Å². The molecule has 0 unspecified atom stereocenters. The molecule has 2 amide bonds. The molecule has 2 N–H and O–H groups in total. The van der Waals surface area contributed by atoms with Gasteiger partial charge in [0.05, 0.1) is 16.3 Å². The number of carbonyl (C=O) groups excluding carboxylic acids is 2. The van der Waals surface area contributed by atoms with Crippen molar-refractivity contribution in [1.29, 1.82) is 0 Å². The standard InChI is InChI=1S/C24H18ClN3O4S/c1-13-10-15(14(2)27(13)17-8-9-20(25)18(12-17)23(31)32)11-19-21(29)26-24(33)28(22(19)30)16-6-4-3-5-7-16/h3-12H,1-2H3,(H,31,32)(H,26,29,33). The third-order valence-corrected chi connectivity index (χ3v) is 5.94. The van der Waals surface area contributed by atoms with Gasteiger partial charge in [0.1, 0.15) is 5.57 Å². The average molecular weight is 480 g/mol. The highest BCUT2D eigenvalue weighted by molar-refractivity contribution is 7.80. The van der Waals surface area contributed by atoms with Gasteiger partial charge in [-0.05, 0) is 74.1 Å². The molecule has 0 aliphatic carbocycles. The largest absolute Gasteiger partial charge is 0.478 e.